The van der Waals surface area contributed by atoms with Crippen LogP contribution in [0.2, 0.25) is 0 Å². The third-order valence-corrected chi connectivity index (χ3v) is 7.36. The number of rotatable bonds is 28. The second-order valence-electron chi connectivity index (χ2n) is 11.7. The van der Waals surface area contributed by atoms with E-state index >= 15 is 0 Å². The summed E-state index contributed by atoms with van der Waals surface area (Å²) in [6.07, 6.45) is 32.4. The van der Waals surface area contributed by atoms with Gasteiger partial charge >= 0.3 is 6.09 Å². The third kappa shape index (κ3) is 26.3. The fraction of sp³-hybridized carbons (Fsp3) is 0.970. The first-order valence-corrected chi connectivity index (χ1v) is 16.5. The molecule has 0 heterocycles. The van der Waals surface area contributed by atoms with Crippen LogP contribution in [0, 0.1) is 5.92 Å². The quantitative estimate of drug-likeness (QED) is 0.0981. The van der Waals surface area contributed by atoms with Crippen molar-refractivity contribution >= 4 is 6.09 Å². The smallest absolute Gasteiger partial charge is 0.409 e. The van der Waals surface area contributed by atoms with E-state index in [1.807, 2.05) is 4.90 Å². The number of amides is 1. The van der Waals surface area contributed by atoms with E-state index in [-0.39, 0.29) is 6.09 Å². The van der Waals surface area contributed by atoms with Crippen molar-refractivity contribution in [2.24, 2.45) is 5.92 Å². The summed E-state index contributed by atoms with van der Waals surface area (Å²) >= 11 is 0. The zero-order valence-corrected chi connectivity index (χ0v) is 25.4. The second kappa shape index (κ2) is 28.8. The molecular weight excluding hydrogens is 442 g/mol. The fourth-order valence-corrected chi connectivity index (χ4v) is 4.91. The zero-order valence-electron chi connectivity index (χ0n) is 25.4. The van der Waals surface area contributed by atoms with Crippen LogP contribution in [-0.4, -0.2) is 30.7 Å². The van der Waals surface area contributed by atoms with Crippen LogP contribution in [0.1, 0.15) is 182 Å². The highest BCUT2D eigenvalue weighted by molar-refractivity contribution is 5.67. The van der Waals surface area contributed by atoms with Gasteiger partial charge in [-0.05, 0) is 18.8 Å². The lowest BCUT2D eigenvalue weighted by molar-refractivity contribution is 0.0906. The van der Waals surface area contributed by atoms with E-state index in [2.05, 4.69) is 27.7 Å². The van der Waals surface area contributed by atoms with E-state index in [1.165, 1.54) is 141 Å². The number of hydrogen-bond donors (Lipinski definition) is 0. The maximum absolute atomic E-state index is 12.6. The van der Waals surface area contributed by atoms with Gasteiger partial charge in [0.2, 0.25) is 0 Å². The lowest BCUT2D eigenvalue weighted by Gasteiger charge is -2.23. The Balaban J connectivity index is 3.84. The third-order valence-electron chi connectivity index (χ3n) is 7.36. The lowest BCUT2D eigenvalue weighted by atomic mass is 10.0. The monoisotopic (exact) mass is 510 g/mol. The summed E-state index contributed by atoms with van der Waals surface area (Å²) in [5, 5.41) is 0. The van der Waals surface area contributed by atoms with Gasteiger partial charge in [0.1, 0.15) is 0 Å². The summed E-state index contributed by atoms with van der Waals surface area (Å²) < 4.78 is 5.57. The number of carbonyl (C=O) groups is 1. The summed E-state index contributed by atoms with van der Waals surface area (Å²) in [5.74, 6) is 0.397. The molecule has 0 atom stereocenters. The van der Waals surface area contributed by atoms with Crippen molar-refractivity contribution in [3.05, 3.63) is 0 Å². The summed E-state index contributed by atoms with van der Waals surface area (Å²) in [4.78, 5) is 14.6. The fourth-order valence-electron chi connectivity index (χ4n) is 4.91. The average molecular weight is 510 g/mol. The average Bonchev–Trinajstić information content (AvgIpc) is 2.87. The molecule has 3 nitrogen and oxygen atoms in total. The first kappa shape index (κ1) is 35.3. The van der Waals surface area contributed by atoms with Crippen LogP contribution >= 0.6 is 0 Å². The van der Waals surface area contributed by atoms with Gasteiger partial charge in [0, 0.05) is 13.1 Å². The Bertz CT molecular complexity index is 409. The van der Waals surface area contributed by atoms with Crippen molar-refractivity contribution in [1.29, 1.82) is 0 Å². The molecule has 0 spiro atoms. The van der Waals surface area contributed by atoms with Gasteiger partial charge in [-0.25, -0.2) is 4.79 Å². The largest absolute Gasteiger partial charge is 0.449 e. The molecule has 0 bridgehead atoms. The first-order valence-electron chi connectivity index (χ1n) is 16.5. The van der Waals surface area contributed by atoms with Gasteiger partial charge in [0.05, 0.1) is 6.61 Å². The van der Waals surface area contributed by atoms with Crippen LogP contribution < -0.4 is 0 Å². The Morgan fingerprint density at radius 1 is 0.500 bits per heavy atom. The molecule has 0 aromatic heterocycles. The number of carbonyl (C=O) groups excluding carboxylic acids is 1. The summed E-state index contributed by atoms with van der Waals surface area (Å²) in [5.41, 5.74) is 0. The minimum atomic E-state index is -0.0881. The zero-order chi connectivity index (χ0) is 26.5. The number of ether oxygens (including phenoxy) is 1. The van der Waals surface area contributed by atoms with Crippen molar-refractivity contribution in [2.45, 2.75) is 182 Å². The van der Waals surface area contributed by atoms with Crippen LogP contribution in [0.25, 0.3) is 0 Å². The Morgan fingerprint density at radius 2 is 0.778 bits per heavy atom. The molecule has 0 saturated carbocycles. The maximum atomic E-state index is 12.6. The van der Waals surface area contributed by atoms with Gasteiger partial charge in [-0.3, -0.25) is 0 Å². The molecule has 0 aliphatic carbocycles. The van der Waals surface area contributed by atoms with Crippen molar-refractivity contribution in [3.8, 4) is 0 Å². The molecule has 0 saturated heterocycles. The van der Waals surface area contributed by atoms with Crippen LogP contribution in [-0.2, 0) is 4.74 Å². The minimum absolute atomic E-state index is 0.0881. The SMILES string of the molecule is CCCCCCCCCCCCCCN(CCCCCCCCCCCCCC)C(=O)OCC(C)C. The maximum Gasteiger partial charge on any atom is 0.409 e. The van der Waals surface area contributed by atoms with E-state index in [4.69, 9.17) is 4.74 Å². The molecule has 3 heteroatoms. The lowest BCUT2D eigenvalue weighted by Crippen LogP contribution is -2.34. The predicted octanol–water partition coefficient (Wildman–Crippen LogP) is 11.5. The molecule has 1 amide bonds. The van der Waals surface area contributed by atoms with E-state index in [0.717, 1.165) is 25.9 Å². The molecule has 36 heavy (non-hydrogen) atoms. The number of nitrogens with zero attached hydrogens (tertiary/aromatic N) is 1. The number of unbranched alkanes of at least 4 members (excludes halogenated alkanes) is 22. The summed E-state index contributed by atoms with van der Waals surface area (Å²) in [7, 11) is 0. The molecule has 0 fully saturated rings. The molecule has 0 aromatic carbocycles. The highest BCUT2D eigenvalue weighted by Crippen LogP contribution is 2.14. The van der Waals surface area contributed by atoms with Crippen LogP contribution in [0.15, 0.2) is 0 Å². The van der Waals surface area contributed by atoms with Gasteiger partial charge < -0.3 is 9.64 Å². The summed E-state index contributed by atoms with van der Waals surface area (Å²) in [6, 6.07) is 0. The van der Waals surface area contributed by atoms with Crippen LogP contribution in [0.3, 0.4) is 0 Å². The van der Waals surface area contributed by atoms with E-state index in [0.29, 0.717) is 12.5 Å². The van der Waals surface area contributed by atoms with Crippen molar-refractivity contribution < 1.29 is 9.53 Å². The molecule has 0 aliphatic heterocycles. The predicted molar refractivity (Wildman–Crippen MR) is 160 cm³/mol. The van der Waals surface area contributed by atoms with Crippen molar-refractivity contribution in [2.75, 3.05) is 19.7 Å². The Morgan fingerprint density at radius 3 is 1.06 bits per heavy atom. The molecule has 0 N–H and O–H groups in total. The molecule has 0 unspecified atom stereocenters. The molecule has 0 radical (unpaired) electrons. The van der Waals surface area contributed by atoms with Crippen molar-refractivity contribution in [3.63, 3.8) is 0 Å². The molecule has 0 aromatic rings. The normalized spacial score (nSPS) is 11.4. The number of hydrogen-bond acceptors (Lipinski definition) is 2. The molecule has 0 rings (SSSR count). The standard InChI is InChI=1S/C33H67NO2/c1-5-7-9-11-13-15-17-19-21-23-25-27-29-34(33(35)36-31-32(3)4)30-28-26-24-22-20-18-16-14-12-10-8-6-2/h32H,5-31H2,1-4H3. The van der Waals surface area contributed by atoms with E-state index in [9.17, 15) is 4.79 Å². The molecular formula is C33H67NO2. The molecule has 216 valence electrons. The van der Waals surface area contributed by atoms with Crippen LogP contribution in [0.5, 0.6) is 0 Å². The Labute approximate surface area is 227 Å². The van der Waals surface area contributed by atoms with Gasteiger partial charge in [0.15, 0.2) is 0 Å². The Hall–Kier alpha value is -0.730. The summed E-state index contributed by atoms with van der Waals surface area (Å²) in [6.45, 7) is 11.0. The Kier molecular flexibility index (Phi) is 28.3. The minimum Gasteiger partial charge on any atom is -0.449 e. The molecule has 0 aliphatic rings. The van der Waals surface area contributed by atoms with E-state index in [1.54, 1.807) is 0 Å². The highest BCUT2D eigenvalue weighted by Gasteiger charge is 2.14. The first-order chi connectivity index (χ1) is 17.6. The highest BCUT2D eigenvalue weighted by atomic mass is 16.6. The van der Waals surface area contributed by atoms with Gasteiger partial charge in [-0.2, -0.15) is 0 Å². The van der Waals surface area contributed by atoms with Gasteiger partial charge in [0.25, 0.3) is 0 Å². The van der Waals surface area contributed by atoms with Gasteiger partial charge in [-0.1, -0.05) is 169 Å². The van der Waals surface area contributed by atoms with E-state index < -0.39 is 0 Å². The van der Waals surface area contributed by atoms with Gasteiger partial charge in [-0.15, -0.1) is 0 Å². The topological polar surface area (TPSA) is 29.5 Å². The van der Waals surface area contributed by atoms with Crippen LogP contribution in [0.4, 0.5) is 4.79 Å². The second-order valence-corrected chi connectivity index (χ2v) is 11.7. The van der Waals surface area contributed by atoms with Crippen molar-refractivity contribution in [1.82, 2.24) is 4.90 Å².